The number of rotatable bonds is 21. The molecule has 2 aromatic heterocycles. The van der Waals surface area contributed by atoms with Gasteiger partial charge in [-0.15, -0.1) is 5.10 Å². The molecule has 7 rings (SSSR count). The molecule has 0 unspecified atom stereocenters. The van der Waals surface area contributed by atoms with E-state index in [1.807, 2.05) is 85.1 Å². The number of carbonyl (C=O) groups is 1. The molecule has 0 bridgehead atoms. The summed E-state index contributed by atoms with van der Waals surface area (Å²) in [5, 5.41) is 18.8. The number of allylic oxidation sites excluding steroid dienone is 1. The number of para-hydroxylation sites is 2. The highest BCUT2D eigenvalue weighted by atomic mass is 16.5. The Morgan fingerprint density at radius 2 is 1.55 bits per heavy atom. The van der Waals surface area contributed by atoms with Crippen LogP contribution < -0.4 is 24.4 Å². The molecule has 0 atom stereocenters. The second-order valence-corrected chi connectivity index (χ2v) is 13.8. The number of fused-ring (bicyclic) bond motifs is 1. The molecule has 0 saturated carbocycles. The number of methoxy groups -OCH3 is 1. The Bertz CT molecular complexity index is 2580. The van der Waals surface area contributed by atoms with E-state index in [0.29, 0.717) is 66.8 Å². The highest BCUT2D eigenvalue weighted by Gasteiger charge is 2.18. The van der Waals surface area contributed by atoms with Gasteiger partial charge in [0.2, 0.25) is 11.2 Å². The number of nitrogens with zero attached hydrogens (tertiary/aromatic N) is 3. The molecule has 12 nitrogen and oxygen atoms in total. The van der Waals surface area contributed by atoms with Crippen molar-refractivity contribution in [2.75, 3.05) is 33.5 Å². The molecule has 7 aromatic rings. The summed E-state index contributed by atoms with van der Waals surface area (Å²) in [7, 11) is 1.60. The van der Waals surface area contributed by atoms with Crippen molar-refractivity contribution < 1.29 is 38.0 Å². The molecule has 1 N–H and O–H groups in total. The van der Waals surface area contributed by atoms with Crippen LogP contribution in [0.5, 0.6) is 28.7 Å². The lowest BCUT2D eigenvalue weighted by Crippen LogP contribution is -2.12. The predicted octanol–water partition coefficient (Wildman–Crippen LogP) is 8.74. The van der Waals surface area contributed by atoms with Gasteiger partial charge in [0.1, 0.15) is 41.8 Å². The number of ketones is 1. The van der Waals surface area contributed by atoms with Crippen LogP contribution in [-0.2, 0) is 24.3 Å². The number of ether oxygens (including phenoxy) is 5. The number of benzene rings is 5. The first-order valence-electron chi connectivity index (χ1n) is 19.7. The number of aromatic nitrogens is 3. The lowest BCUT2D eigenvalue weighted by Gasteiger charge is -2.13. The highest BCUT2D eigenvalue weighted by Crippen LogP contribution is 2.33. The molecule has 0 saturated heterocycles. The third kappa shape index (κ3) is 11.1. The van der Waals surface area contributed by atoms with E-state index < -0.39 is 0 Å². The fraction of sp³-hybridized carbons (Fsp3) is 0.208. The summed E-state index contributed by atoms with van der Waals surface area (Å²) in [6.07, 6.45) is 7.64. The molecular formula is C48H45N3O9. The van der Waals surface area contributed by atoms with Crippen molar-refractivity contribution in [3.63, 3.8) is 0 Å². The minimum Gasteiger partial charge on any atom is -0.507 e. The number of phenols is 1. The van der Waals surface area contributed by atoms with E-state index in [1.54, 1.807) is 54.3 Å². The van der Waals surface area contributed by atoms with Crippen molar-refractivity contribution in [3.05, 3.63) is 166 Å². The minimum absolute atomic E-state index is 0.0349. The van der Waals surface area contributed by atoms with E-state index in [0.717, 1.165) is 41.8 Å². The van der Waals surface area contributed by atoms with Gasteiger partial charge < -0.3 is 33.2 Å². The molecule has 0 aliphatic carbocycles. The van der Waals surface area contributed by atoms with Crippen LogP contribution in [0.15, 0.2) is 143 Å². The Morgan fingerprint density at radius 1 is 0.783 bits per heavy atom. The Kier molecular flexibility index (Phi) is 14.0. The van der Waals surface area contributed by atoms with E-state index in [4.69, 9.17) is 28.1 Å². The summed E-state index contributed by atoms with van der Waals surface area (Å²) >= 11 is 0. The molecule has 0 fully saturated rings. The highest BCUT2D eigenvalue weighted by molar-refractivity contribution is 6.08. The topological polar surface area (TPSA) is 144 Å². The number of hydrogen-bond donors (Lipinski definition) is 1. The fourth-order valence-corrected chi connectivity index (χ4v) is 6.32. The van der Waals surface area contributed by atoms with Gasteiger partial charge in [-0.3, -0.25) is 9.59 Å². The molecule has 60 heavy (non-hydrogen) atoms. The molecule has 0 aliphatic heterocycles. The zero-order valence-corrected chi connectivity index (χ0v) is 33.2. The maximum Gasteiger partial charge on any atom is 0.235 e. The lowest BCUT2D eigenvalue weighted by molar-refractivity contribution is 0.0923. The normalized spacial score (nSPS) is 11.2. The van der Waals surface area contributed by atoms with E-state index in [2.05, 4.69) is 10.3 Å². The summed E-state index contributed by atoms with van der Waals surface area (Å²) in [5.41, 5.74) is 3.80. The van der Waals surface area contributed by atoms with Gasteiger partial charge >= 0.3 is 0 Å². The summed E-state index contributed by atoms with van der Waals surface area (Å²) in [6.45, 7) is 2.51. The van der Waals surface area contributed by atoms with E-state index in [1.165, 1.54) is 12.1 Å². The monoisotopic (exact) mass is 807 g/mol. The molecule has 306 valence electrons. The van der Waals surface area contributed by atoms with Crippen molar-refractivity contribution in [1.29, 1.82) is 0 Å². The molecule has 5 aromatic carbocycles. The summed E-state index contributed by atoms with van der Waals surface area (Å²) in [4.78, 5) is 25.9. The lowest BCUT2D eigenvalue weighted by atomic mass is 10.1. The van der Waals surface area contributed by atoms with Gasteiger partial charge in [-0.1, -0.05) is 59.8 Å². The van der Waals surface area contributed by atoms with Crippen molar-refractivity contribution in [3.8, 4) is 40.1 Å². The minimum atomic E-state index is -0.259. The summed E-state index contributed by atoms with van der Waals surface area (Å²) < 4.78 is 37.0. The smallest absolute Gasteiger partial charge is 0.235 e. The zero-order chi connectivity index (χ0) is 41.5. The maximum absolute atomic E-state index is 13.5. The van der Waals surface area contributed by atoms with Gasteiger partial charge in [-0.25, -0.2) is 4.68 Å². The quantitative estimate of drug-likeness (QED) is 0.0423. The first kappa shape index (κ1) is 41.0. The van der Waals surface area contributed by atoms with Crippen LogP contribution in [-0.4, -0.2) is 59.4 Å². The second-order valence-electron chi connectivity index (χ2n) is 13.8. The van der Waals surface area contributed by atoms with Gasteiger partial charge in [-0.2, -0.15) is 0 Å². The molecule has 0 amide bonds. The van der Waals surface area contributed by atoms with E-state index in [-0.39, 0.29) is 34.9 Å². The van der Waals surface area contributed by atoms with Gasteiger partial charge in [0, 0.05) is 11.8 Å². The number of hydrogen-bond acceptors (Lipinski definition) is 11. The Balaban J connectivity index is 0.796. The third-order valence-electron chi connectivity index (χ3n) is 9.51. The predicted molar refractivity (Wildman–Crippen MR) is 228 cm³/mol. The first-order valence-corrected chi connectivity index (χ1v) is 19.7. The van der Waals surface area contributed by atoms with Crippen LogP contribution in [0.2, 0.25) is 0 Å². The van der Waals surface area contributed by atoms with E-state index in [9.17, 15) is 14.7 Å². The summed E-state index contributed by atoms with van der Waals surface area (Å²) in [5.74, 6) is 2.29. The van der Waals surface area contributed by atoms with Crippen molar-refractivity contribution in [2.24, 2.45) is 0 Å². The van der Waals surface area contributed by atoms with Crippen LogP contribution in [0.1, 0.15) is 40.0 Å². The van der Waals surface area contributed by atoms with Gasteiger partial charge in [0.25, 0.3) is 0 Å². The standard InChI is InChI=1S/C48H45N3O9/c1-55-40-11-8-9-35(31-40)33-59-48-46(54)42-13-3-5-15-45(42)60-47(48)36-19-23-39(24-20-36)58-30-29-56-28-26-51-32-37(49-50-51)10-6-7-27-57-38-21-16-34(17-22-38)18-25-44(53)41-12-2-4-14-43(41)52/h2-5,8-9,11-25,31-32,52H,6-7,10,26-30,33H2,1H3/b25-18+. The Labute approximate surface area is 347 Å². The molecule has 0 spiro atoms. The van der Waals surface area contributed by atoms with Crippen LogP contribution in [0, 0.1) is 0 Å². The Morgan fingerprint density at radius 3 is 2.37 bits per heavy atom. The zero-order valence-electron chi connectivity index (χ0n) is 33.2. The van der Waals surface area contributed by atoms with E-state index >= 15 is 0 Å². The molecular weight excluding hydrogens is 763 g/mol. The van der Waals surface area contributed by atoms with Crippen LogP contribution >= 0.6 is 0 Å². The number of carbonyl (C=O) groups excluding carboxylic acids is 1. The molecule has 0 radical (unpaired) electrons. The van der Waals surface area contributed by atoms with Crippen molar-refractivity contribution in [2.45, 2.75) is 32.4 Å². The number of phenolic OH excluding ortho intramolecular Hbond substituents is 1. The third-order valence-corrected chi connectivity index (χ3v) is 9.51. The van der Waals surface area contributed by atoms with Gasteiger partial charge in [0.05, 0.1) is 50.1 Å². The van der Waals surface area contributed by atoms with Crippen LogP contribution in [0.3, 0.4) is 0 Å². The fourth-order valence-electron chi connectivity index (χ4n) is 6.32. The summed E-state index contributed by atoms with van der Waals surface area (Å²) in [6, 6.07) is 35.9. The van der Waals surface area contributed by atoms with Crippen LogP contribution in [0.25, 0.3) is 28.4 Å². The number of aryl methyl sites for hydroxylation is 1. The van der Waals surface area contributed by atoms with Crippen molar-refractivity contribution in [1.82, 2.24) is 15.0 Å². The average molecular weight is 808 g/mol. The average Bonchev–Trinajstić information content (AvgIpc) is 3.74. The first-order chi connectivity index (χ1) is 29.4. The maximum atomic E-state index is 13.5. The van der Waals surface area contributed by atoms with Gasteiger partial charge in [-0.05, 0) is 109 Å². The second kappa shape index (κ2) is 20.5. The molecule has 0 aliphatic rings. The number of unbranched alkanes of at least 4 members (excludes halogenated alkanes) is 1. The van der Waals surface area contributed by atoms with Gasteiger partial charge in [0.15, 0.2) is 11.5 Å². The van der Waals surface area contributed by atoms with Crippen LogP contribution in [0.4, 0.5) is 0 Å². The van der Waals surface area contributed by atoms with Crippen molar-refractivity contribution >= 4 is 22.8 Å². The molecule has 12 heteroatoms. The Hall–Kier alpha value is -7.18. The SMILES string of the molecule is COc1cccc(COc2c(-c3ccc(OCCOCCn4cc(CCCCOc5ccc(/C=C/C(=O)c6ccccc6O)cc5)nn4)cc3)oc3ccccc3c2=O)c1. The largest absolute Gasteiger partial charge is 0.507 e. The molecule has 2 heterocycles. The number of aromatic hydroxyl groups is 1.